The topological polar surface area (TPSA) is 9.23 Å². The quantitative estimate of drug-likeness (QED) is 0.784. The fourth-order valence-corrected chi connectivity index (χ4v) is 2.47. The molecule has 2 rings (SSSR count). The van der Waals surface area contributed by atoms with E-state index in [2.05, 4.69) is 13.0 Å². The minimum atomic E-state index is -0.343. The molecule has 0 unspecified atom stereocenters. The third-order valence-electron chi connectivity index (χ3n) is 2.33. The highest BCUT2D eigenvalue weighted by atomic mass is 35.5. The molecule has 0 radical (unpaired) electrons. The van der Waals surface area contributed by atoms with Gasteiger partial charge in [0.15, 0.2) is 0 Å². The monoisotopic (exact) mass is 270 g/mol. The molecule has 4 heteroatoms. The van der Waals surface area contributed by atoms with E-state index in [9.17, 15) is 4.39 Å². The van der Waals surface area contributed by atoms with Crippen molar-refractivity contribution in [3.8, 4) is 5.75 Å². The van der Waals surface area contributed by atoms with Crippen LogP contribution in [0, 0.1) is 5.82 Å². The Morgan fingerprint density at radius 3 is 2.71 bits per heavy atom. The van der Waals surface area contributed by atoms with Crippen molar-refractivity contribution in [1.82, 2.24) is 0 Å². The fourth-order valence-electron chi connectivity index (χ4n) is 1.43. The van der Waals surface area contributed by atoms with E-state index >= 15 is 0 Å². The molecule has 0 aliphatic heterocycles. The third-order valence-corrected chi connectivity index (χ3v) is 3.84. The molecular weight excluding hydrogens is 259 g/mol. The van der Waals surface area contributed by atoms with Crippen LogP contribution in [0.15, 0.2) is 30.3 Å². The second-order valence-corrected chi connectivity index (χ2v) is 5.25. The van der Waals surface area contributed by atoms with Crippen LogP contribution in [0.5, 0.6) is 5.75 Å². The lowest BCUT2D eigenvalue weighted by Crippen LogP contribution is -1.94. The maximum absolute atomic E-state index is 13.0. The number of benzene rings is 1. The van der Waals surface area contributed by atoms with Gasteiger partial charge in [-0.1, -0.05) is 18.5 Å². The molecule has 0 N–H and O–H groups in total. The number of hydrogen-bond acceptors (Lipinski definition) is 2. The number of halogens is 2. The molecule has 2 aromatic rings. The van der Waals surface area contributed by atoms with E-state index in [0.29, 0.717) is 17.4 Å². The van der Waals surface area contributed by atoms with Gasteiger partial charge < -0.3 is 4.74 Å². The van der Waals surface area contributed by atoms with Crippen molar-refractivity contribution >= 4 is 22.9 Å². The zero-order chi connectivity index (χ0) is 12.3. The Kier molecular flexibility index (Phi) is 4.02. The molecule has 0 spiro atoms. The summed E-state index contributed by atoms with van der Waals surface area (Å²) in [6.07, 6.45) is 1.02. The first kappa shape index (κ1) is 12.4. The second kappa shape index (κ2) is 5.52. The standard InChI is InChI=1S/C13H12ClFOS/c1-2-10-4-5-11(17-10)8-16-13-7-9(15)3-6-12(13)14/h3-7H,2,8H2,1H3. The molecule has 0 saturated carbocycles. The largest absolute Gasteiger partial charge is 0.486 e. The summed E-state index contributed by atoms with van der Waals surface area (Å²) >= 11 is 7.61. The van der Waals surface area contributed by atoms with Gasteiger partial charge in [0.1, 0.15) is 18.2 Å². The van der Waals surface area contributed by atoms with E-state index in [1.807, 2.05) is 6.07 Å². The fraction of sp³-hybridized carbons (Fsp3) is 0.231. The zero-order valence-electron chi connectivity index (χ0n) is 9.37. The molecule has 0 aliphatic rings. The van der Waals surface area contributed by atoms with Crippen LogP contribution in [0.2, 0.25) is 5.02 Å². The van der Waals surface area contributed by atoms with Gasteiger partial charge in [0.25, 0.3) is 0 Å². The van der Waals surface area contributed by atoms with Crippen LogP contribution >= 0.6 is 22.9 Å². The Labute approximate surface area is 109 Å². The highest BCUT2D eigenvalue weighted by Crippen LogP contribution is 2.27. The predicted molar refractivity (Wildman–Crippen MR) is 69.4 cm³/mol. The van der Waals surface area contributed by atoms with Crippen molar-refractivity contribution in [1.29, 1.82) is 0 Å². The summed E-state index contributed by atoms with van der Waals surface area (Å²) in [6, 6.07) is 8.22. The molecule has 0 fully saturated rings. The molecule has 1 heterocycles. The maximum Gasteiger partial charge on any atom is 0.141 e. The summed E-state index contributed by atoms with van der Waals surface area (Å²) in [4.78, 5) is 2.43. The molecule has 0 bridgehead atoms. The third kappa shape index (κ3) is 3.20. The van der Waals surface area contributed by atoms with E-state index in [-0.39, 0.29) is 5.82 Å². The number of rotatable bonds is 4. The van der Waals surface area contributed by atoms with Gasteiger partial charge >= 0.3 is 0 Å². The SMILES string of the molecule is CCc1ccc(COc2cc(F)ccc2Cl)s1. The van der Waals surface area contributed by atoms with E-state index in [1.54, 1.807) is 11.3 Å². The van der Waals surface area contributed by atoms with Crippen LogP contribution in [0.3, 0.4) is 0 Å². The van der Waals surface area contributed by atoms with Crippen molar-refractivity contribution < 1.29 is 9.13 Å². The molecular formula is C13H12ClFOS. The molecule has 1 aromatic carbocycles. The lowest BCUT2D eigenvalue weighted by molar-refractivity contribution is 0.308. The molecule has 0 atom stereocenters. The minimum Gasteiger partial charge on any atom is -0.486 e. The van der Waals surface area contributed by atoms with Gasteiger partial charge in [-0.25, -0.2) is 4.39 Å². The van der Waals surface area contributed by atoms with Gasteiger partial charge in [0.2, 0.25) is 0 Å². The van der Waals surface area contributed by atoms with Crippen LogP contribution in [0.25, 0.3) is 0 Å². The lowest BCUT2D eigenvalue weighted by Gasteiger charge is -2.06. The van der Waals surface area contributed by atoms with Gasteiger partial charge in [0.05, 0.1) is 5.02 Å². The van der Waals surface area contributed by atoms with Crippen molar-refractivity contribution in [2.45, 2.75) is 20.0 Å². The zero-order valence-corrected chi connectivity index (χ0v) is 10.9. The van der Waals surface area contributed by atoms with Gasteiger partial charge in [-0.15, -0.1) is 11.3 Å². The summed E-state index contributed by atoms with van der Waals surface area (Å²) < 4.78 is 18.5. The Hall–Kier alpha value is -1.06. The van der Waals surface area contributed by atoms with Crippen LogP contribution < -0.4 is 4.74 Å². The Morgan fingerprint density at radius 1 is 1.24 bits per heavy atom. The van der Waals surface area contributed by atoms with Crippen LogP contribution in [0.1, 0.15) is 16.7 Å². The molecule has 0 saturated heterocycles. The van der Waals surface area contributed by atoms with E-state index in [4.69, 9.17) is 16.3 Å². The highest BCUT2D eigenvalue weighted by molar-refractivity contribution is 7.11. The summed E-state index contributed by atoms with van der Waals surface area (Å²) in [6.45, 7) is 2.54. The summed E-state index contributed by atoms with van der Waals surface area (Å²) in [5.41, 5.74) is 0. The number of hydrogen-bond donors (Lipinski definition) is 0. The Balaban J connectivity index is 2.04. The van der Waals surface area contributed by atoms with Crippen LogP contribution in [0.4, 0.5) is 4.39 Å². The lowest BCUT2D eigenvalue weighted by atomic mass is 10.3. The van der Waals surface area contributed by atoms with Gasteiger partial charge in [0, 0.05) is 15.8 Å². The smallest absolute Gasteiger partial charge is 0.141 e. The van der Waals surface area contributed by atoms with Gasteiger partial charge in [-0.3, -0.25) is 0 Å². The van der Waals surface area contributed by atoms with Crippen LogP contribution in [-0.4, -0.2) is 0 Å². The van der Waals surface area contributed by atoms with Crippen LogP contribution in [-0.2, 0) is 13.0 Å². The van der Waals surface area contributed by atoms with Crippen molar-refractivity contribution in [2.75, 3.05) is 0 Å². The minimum absolute atomic E-state index is 0.343. The number of aryl methyl sites for hydroxylation is 1. The Morgan fingerprint density at radius 2 is 2.00 bits per heavy atom. The molecule has 0 aliphatic carbocycles. The molecule has 1 nitrogen and oxygen atoms in total. The Bertz CT molecular complexity index is 510. The van der Waals surface area contributed by atoms with E-state index in [0.717, 1.165) is 11.3 Å². The van der Waals surface area contributed by atoms with Gasteiger partial charge in [-0.2, -0.15) is 0 Å². The number of thiophene rings is 1. The predicted octanol–water partition coefficient (Wildman–Crippen LogP) is 4.68. The summed E-state index contributed by atoms with van der Waals surface area (Å²) in [7, 11) is 0. The number of ether oxygens (including phenoxy) is 1. The van der Waals surface area contributed by atoms with E-state index in [1.165, 1.54) is 23.1 Å². The molecule has 17 heavy (non-hydrogen) atoms. The van der Waals surface area contributed by atoms with Gasteiger partial charge in [-0.05, 0) is 30.7 Å². The molecule has 1 aromatic heterocycles. The molecule has 0 amide bonds. The first-order valence-corrected chi connectivity index (χ1v) is 6.54. The first-order chi connectivity index (χ1) is 8.19. The van der Waals surface area contributed by atoms with E-state index < -0.39 is 0 Å². The maximum atomic E-state index is 13.0. The normalized spacial score (nSPS) is 10.5. The average Bonchev–Trinajstić information content (AvgIpc) is 2.78. The first-order valence-electron chi connectivity index (χ1n) is 5.34. The van der Waals surface area contributed by atoms with Crippen molar-refractivity contribution in [3.05, 3.63) is 50.9 Å². The highest BCUT2D eigenvalue weighted by Gasteiger charge is 2.05. The van der Waals surface area contributed by atoms with Crippen molar-refractivity contribution in [3.63, 3.8) is 0 Å². The average molecular weight is 271 g/mol. The second-order valence-electron chi connectivity index (χ2n) is 3.58. The molecule has 90 valence electrons. The summed E-state index contributed by atoms with van der Waals surface area (Å²) in [5.74, 6) is 0.0444. The van der Waals surface area contributed by atoms with Crippen molar-refractivity contribution in [2.24, 2.45) is 0 Å². The summed E-state index contributed by atoms with van der Waals surface area (Å²) in [5, 5.41) is 0.429.